The van der Waals surface area contributed by atoms with Crippen LogP contribution in [0.5, 0.6) is 0 Å². The van der Waals surface area contributed by atoms with Gasteiger partial charge in [0.1, 0.15) is 17.7 Å². The summed E-state index contributed by atoms with van der Waals surface area (Å²) in [7, 11) is 0. The quantitative estimate of drug-likeness (QED) is 0.684. The highest BCUT2D eigenvalue weighted by atomic mass is 16.6. The Labute approximate surface area is 177 Å². The predicted octanol–water partition coefficient (Wildman–Crippen LogP) is 3.71. The van der Waals surface area contributed by atoms with Gasteiger partial charge in [0, 0.05) is 30.6 Å². The molecule has 0 radical (unpaired) electrons. The van der Waals surface area contributed by atoms with Crippen LogP contribution in [-0.4, -0.2) is 46.7 Å². The molecule has 3 heterocycles. The largest absolute Gasteiger partial charge is 0.446 e. The second-order valence-electron chi connectivity index (χ2n) is 9.00. The molecular weight excluding hydrogens is 382 g/mol. The molecule has 30 heavy (non-hydrogen) atoms. The van der Waals surface area contributed by atoms with Crippen molar-refractivity contribution in [1.29, 1.82) is 0 Å². The summed E-state index contributed by atoms with van der Waals surface area (Å²) in [4.78, 5) is 16.8. The molecule has 1 fully saturated rings. The molecular formula is C22H31N5O3. The van der Waals surface area contributed by atoms with Crippen molar-refractivity contribution >= 4 is 17.7 Å². The Kier molecular flexibility index (Phi) is 5.94. The summed E-state index contributed by atoms with van der Waals surface area (Å²) in [6.45, 7) is 7.83. The lowest BCUT2D eigenvalue weighted by molar-refractivity contribution is 0.0930. The Bertz CT molecular complexity index is 889. The summed E-state index contributed by atoms with van der Waals surface area (Å²) in [5.74, 6) is 1.99. The average molecular weight is 414 g/mol. The van der Waals surface area contributed by atoms with Crippen molar-refractivity contribution in [3.05, 3.63) is 35.7 Å². The van der Waals surface area contributed by atoms with Crippen LogP contribution in [0.25, 0.3) is 0 Å². The molecule has 8 nitrogen and oxygen atoms in total. The molecule has 1 aliphatic heterocycles. The number of alkyl carbamates (subject to hydrolysis) is 1. The molecule has 0 aromatic carbocycles. The van der Waals surface area contributed by atoms with Crippen molar-refractivity contribution in [2.75, 3.05) is 25.1 Å². The summed E-state index contributed by atoms with van der Waals surface area (Å²) >= 11 is 0. The normalized spacial score (nSPS) is 23.0. The lowest BCUT2D eigenvalue weighted by Gasteiger charge is -2.22. The van der Waals surface area contributed by atoms with Crippen LogP contribution < -0.4 is 10.6 Å². The zero-order valence-electron chi connectivity index (χ0n) is 18.0. The maximum Gasteiger partial charge on any atom is 0.407 e. The number of anilines is 2. The van der Waals surface area contributed by atoms with E-state index in [0.717, 1.165) is 42.3 Å². The van der Waals surface area contributed by atoms with Gasteiger partial charge in [-0.15, -0.1) is 0 Å². The van der Waals surface area contributed by atoms with Crippen LogP contribution in [0.4, 0.5) is 16.4 Å². The van der Waals surface area contributed by atoms with Crippen LogP contribution in [0.15, 0.2) is 24.3 Å². The van der Waals surface area contributed by atoms with Gasteiger partial charge in [-0.1, -0.05) is 6.07 Å². The summed E-state index contributed by atoms with van der Waals surface area (Å²) in [6, 6.07) is 8.07. The minimum absolute atomic E-state index is 0.0793. The smallest absolute Gasteiger partial charge is 0.407 e. The van der Waals surface area contributed by atoms with Crippen LogP contribution in [0.1, 0.15) is 57.3 Å². The van der Waals surface area contributed by atoms with Crippen LogP contribution in [0.2, 0.25) is 0 Å². The number of carbonyl (C=O) groups is 1. The first-order valence-corrected chi connectivity index (χ1v) is 10.7. The van der Waals surface area contributed by atoms with Gasteiger partial charge in [-0.25, -0.2) is 14.5 Å². The van der Waals surface area contributed by atoms with Crippen LogP contribution in [0.3, 0.4) is 0 Å². The number of fused-ring (bicyclic) bond motifs is 7. The standard InChI is InChI=1S/C22H31N5O3/c1-22(2,3)27-20-14-18(26-27)15-7-8-17(13-15)30-21(28)23-10-12-29-11-9-16-5-4-6-19(24-16)25-20/h4-6,14-15,17H,7-13H2,1-3H3,(H,23,28)(H,24,25)/t15-,17+/m0/s1. The molecule has 2 N–H and O–H groups in total. The molecule has 0 saturated heterocycles. The van der Waals surface area contributed by atoms with Gasteiger partial charge in [-0.2, -0.15) is 5.10 Å². The van der Waals surface area contributed by atoms with Gasteiger partial charge in [-0.05, 0) is 52.2 Å². The minimum atomic E-state index is -0.373. The number of ether oxygens (including phenoxy) is 2. The van der Waals surface area contributed by atoms with E-state index in [1.807, 2.05) is 22.9 Å². The van der Waals surface area contributed by atoms with Crippen LogP contribution in [0, 0.1) is 0 Å². The number of aromatic nitrogens is 3. The Morgan fingerprint density at radius 2 is 2.07 bits per heavy atom. The van der Waals surface area contributed by atoms with E-state index >= 15 is 0 Å². The second-order valence-corrected chi connectivity index (χ2v) is 9.00. The van der Waals surface area contributed by atoms with Crippen molar-refractivity contribution < 1.29 is 14.3 Å². The molecule has 2 aromatic rings. The van der Waals surface area contributed by atoms with Gasteiger partial charge in [0.15, 0.2) is 0 Å². The van der Waals surface area contributed by atoms with E-state index < -0.39 is 0 Å². The van der Waals surface area contributed by atoms with E-state index in [1.165, 1.54) is 0 Å². The third kappa shape index (κ3) is 4.92. The number of amides is 1. The molecule has 1 saturated carbocycles. The van der Waals surface area contributed by atoms with Crippen molar-refractivity contribution in [2.24, 2.45) is 0 Å². The Morgan fingerprint density at radius 3 is 2.90 bits per heavy atom. The van der Waals surface area contributed by atoms with Gasteiger partial charge >= 0.3 is 6.09 Å². The zero-order chi connectivity index (χ0) is 21.1. The lowest BCUT2D eigenvalue weighted by atomic mass is 10.0. The number of nitrogens with zero attached hydrogens (tertiary/aromatic N) is 3. The Balaban J connectivity index is 1.63. The topological polar surface area (TPSA) is 90.3 Å². The Hall–Kier alpha value is -2.61. The highest BCUT2D eigenvalue weighted by Gasteiger charge is 2.32. The fourth-order valence-electron chi connectivity index (χ4n) is 4.03. The molecule has 162 valence electrons. The maximum atomic E-state index is 12.1. The molecule has 2 atom stereocenters. The number of pyridine rings is 1. The first-order valence-electron chi connectivity index (χ1n) is 10.7. The van der Waals surface area contributed by atoms with E-state index in [-0.39, 0.29) is 23.7 Å². The highest BCUT2D eigenvalue weighted by molar-refractivity contribution is 5.67. The minimum Gasteiger partial charge on any atom is -0.446 e. The van der Waals surface area contributed by atoms with Crippen molar-refractivity contribution in [1.82, 2.24) is 20.1 Å². The Morgan fingerprint density at radius 1 is 1.20 bits per heavy atom. The number of hydrogen-bond donors (Lipinski definition) is 2. The fourth-order valence-corrected chi connectivity index (χ4v) is 4.03. The summed E-state index contributed by atoms with van der Waals surface area (Å²) in [5.41, 5.74) is 1.80. The highest BCUT2D eigenvalue weighted by Crippen LogP contribution is 2.37. The van der Waals surface area contributed by atoms with Gasteiger partial charge in [-0.3, -0.25) is 0 Å². The van der Waals surface area contributed by atoms with Crippen LogP contribution in [-0.2, 0) is 21.4 Å². The molecule has 0 spiro atoms. The van der Waals surface area contributed by atoms with E-state index in [1.54, 1.807) is 0 Å². The summed E-state index contributed by atoms with van der Waals surface area (Å²) in [6.07, 6.45) is 2.84. The van der Waals surface area contributed by atoms with Gasteiger partial charge in [0.05, 0.1) is 24.4 Å². The average Bonchev–Trinajstić information content (AvgIpc) is 3.31. The molecule has 4 rings (SSSR count). The predicted molar refractivity (Wildman–Crippen MR) is 114 cm³/mol. The lowest BCUT2D eigenvalue weighted by Crippen LogP contribution is -2.31. The summed E-state index contributed by atoms with van der Waals surface area (Å²) < 4.78 is 13.3. The first kappa shape index (κ1) is 20.7. The molecule has 2 aliphatic rings. The van der Waals surface area contributed by atoms with Gasteiger partial charge in [0.25, 0.3) is 0 Å². The number of rotatable bonds is 0. The monoisotopic (exact) mass is 413 g/mol. The number of hydrogen-bond acceptors (Lipinski definition) is 6. The van der Waals surface area contributed by atoms with Crippen molar-refractivity contribution in [2.45, 2.75) is 64.0 Å². The van der Waals surface area contributed by atoms with E-state index in [2.05, 4.69) is 37.5 Å². The first-order chi connectivity index (χ1) is 14.4. The van der Waals surface area contributed by atoms with E-state index in [9.17, 15) is 4.79 Å². The molecule has 2 aromatic heterocycles. The molecule has 1 aliphatic carbocycles. The number of nitrogens with one attached hydrogen (secondary N) is 2. The number of carbonyl (C=O) groups excluding carboxylic acids is 1. The van der Waals surface area contributed by atoms with Gasteiger partial charge < -0.3 is 20.1 Å². The fraction of sp³-hybridized carbons (Fsp3) is 0.591. The molecule has 6 bridgehead atoms. The van der Waals surface area contributed by atoms with Crippen molar-refractivity contribution in [3.63, 3.8) is 0 Å². The van der Waals surface area contributed by atoms with E-state index in [0.29, 0.717) is 26.2 Å². The third-order valence-electron chi connectivity index (χ3n) is 5.52. The molecule has 1 amide bonds. The van der Waals surface area contributed by atoms with Gasteiger partial charge in [0.2, 0.25) is 0 Å². The van der Waals surface area contributed by atoms with Crippen molar-refractivity contribution in [3.8, 4) is 0 Å². The SMILES string of the molecule is CC(C)(C)n1nc2cc1Nc1cccc(n1)CCOCCNC(=O)O[C@@H]1CC[C@H]2C1. The second kappa shape index (κ2) is 8.63. The van der Waals surface area contributed by atoms with Crippen LogP contribution >= 0.6 is 0 Å². The molecule has 0 unspecified atom stereocenters. The summed E-state index contributed by atoms with van der Waals surface area (Å²) in [5, 5.41) is 11.2. The maximum absolute atomic E-state index is 12.1. The van der Waals surface area contributed by atoms with E-state index in [4.69, 9.17) is 19.6 Å². The third-order valence-corrected chi connectivity index (χ3v) is 5.52. The zero-order valence-corrected chi connectivity index (χ0v) is 18.0. The molecule has 8 heteroatoms.